The standard InChI is InChI=1S/C40H50N2O2/c1-3-5-7-9-10-11-12-14-26-44-39-30-34-27-33-15-16-38(43-25-13-8-6-4-2)40(32-19-23-42-24-20-32)37(33)29-35(34)28-36(39)31-17-21-41-22-18-31/h15-24,28,30H,3-14,25-27,29H2,1-2H3. The lowest BCUT2D eigenvalue weighted by molar-refractivity contribution is 0.305. The maximum Gasteiger partial charge on any atom is 0.127 e. The van der Waals surface area contributed by atoms with Crippen molar-refractivity contribution in [2.24, 2.45) is 0 Å². The minimum atomic E-state index is 0.749. The van der Waals surface area contributed by atoms with E-state index in [2.05, 4.69) is 72.3 Å². The predicted octanol–water partition coefficient (Wildman–Crippen LogP) is 10.8. The van der Waals surface area contributed by atoms with Crippen LogP contribution in [0.25, 0.3) is 22.3 Å². The predicted molar refractivity (Wildman–Crippen MR) is 183 cm³/mol. The molecule has 1 aliphatic rings. The summed E-state index contributed by atoms with van der Waals surface area (Å²) in [5, 5.41) is 0. The van der Waals surface area contributed by atoms with Gasteiger partial charge in [-0.15, -0.1) is 0 Å². The largest absolute Gasteiger partial charge is 0.493 e. The second-order valence-corrected chi connectivity index (χ2v) is 12.3. The lowest BCUT2D eigenvalue weighted by Gasteiger charge is -2.26. The molecule has 0 saturated heterocycles. The Labute approximate surface area is 265 Å². The van der Waals surface area contributed by atoms with E-state index in [9.17, 15) is 0 Å². The summed E-state index contributed by atoms with van der Waals surface area (Å²) in [7, 11) is 0. The number of pyridine rings is 2. The molecule has 4 nitrogen and oxygen atoms in total. The Balaban J connectivity index is 1.37. The highest BCUT2D eigenvalue weighted by Crippen LogP contribution is 2.43. The summed E-state index contributed by atoms with van der Waals surface area (Å²) in [4.78, 5) is 8.57. The molecule has 2 aromatic carbocycles. The second-order valence-electron chi connectivity index (χ2n) is 12.3. The Morgan fingerprint density at radius 3 is 1.73 bits per heavy atom. The van der Waals surface area contributed by atoms with Crippen LogP contribution in [0.4, 0.5) is 0 Å². The zero-order chi connectivity index (χ0) is 30.4. The summed E-state index contributed by atoms with van der Waals surface area (Å²) in [5.41, 5.74) is 10.1. The van der Waals surface area contributed by atoms with Crippen LogP contribution in [0.1, 0.15) is 113 Å². The second kappa shape index (κ2) is 17.0. The van der Waals surface area contributed by atoms with Crippen LogP contribution in [0.15, 0.2) is 73.3 Å². The van der Waals surface area contributed by atoms with Crippen LogP contribution >= 0.6 is 0 Å². The number of nitrogens with zero attached hydrogens (tertiary/aromatic N) is 2. The van der Waals surface area contributed by atoms with Crippen molar-refractivity contribution >= 4 is 0 Å². The Kier molecular flexibility index (Phi) is 12.3. The lowest BCUT2D eigenvalue weighted by atomic mass is 9.80. The summed E-state index contributed by atoms with van der Waals surface area (Å²) in [6.07, 6.45) is 24.4. The average Bonchev–Trinajstić information content (AvgIpc) is 3.07. The van der Waals surface area contributed by atoms with Crippen molar-refractivity contribution in [3.8, 4) is 33.8 Å². The molecular formula is C40H50N2O2. The first-order valence-corrected chi connectivity index (χ1v) is 17.2. The molecule has 0 radical (unpaired) electrons. The molecule has 0 spiro atoms. The van der Waals surface area contributed by atoms with Crippen molar-refractivity contribution in [3.63, 3.8) is 0 Å². The van der Waals surface area contributed by atoms with E-state index in [1.807, 2.05) is 24.8 Å². The first kappa shape index (κ1) is 31.8. The summed E-state index contributed by atoms with van der Waals surface area (Å²) >= 11 is 0. The monoisotopic (exact) mass is 590 g/mol. The third-order valence-electron chi connectivity index (χ3n) is 8.89. The average molecular weight is 591 g/mol. The van der Waals surface area contributed by atoms with Gasteiger partial charge in [-0.25, -0.2) is 0 Å². The van der Waals surface area contributed by atoms with Gasteiger partial charge in [0.05, 0.1) is 13.2 Å². The summed E-state index contributed by atoms with van der Waals surface area (Å²) in [5.74, 6) is 1.97. The third kappa shape index (κ3) is 8.49. The summed E-state index contributed by atoms with van der Waals surface area (Å²) in [6.45, 7) is 6.03. The lowest BCUT2D eigenvalue weighted by Crippen LogP contribution is -2.12. The Morgan fingerprint density at radius 2 is 1.07 bits per heavy atom. The number of hydrogen-bond donors (Lipinski definition) is 0. The van der Waals surface area contributed by atoms with Gasteiger partial charge in [0.1, 0.15) is 11.5 Å². The molecule has 0 atom stereocenters. The van der Waals surface area contributed by atoms with Gasteiger partial charge >= 0.3 is 0 Å². The van der Waals surface area contributed by atoms with E-state index < -0.39 is 0 Å². The van der Waals surface area contributed by atoms with Gasteiger partial charge in [-0.05, 0) is 102 Å². The molecule has 0 aliphatic heterocycles. The Bertz CT molecular complexity index is 1440. The van der Waals surface area contributed by atoms with Crippen LogP contribution in [0.3, 0.4) is 0 Å². The molecule has 5 rings (SSSR count). The molecule has 2 heterocycles. The number of rotatable bonds is 18. The molecule has 2 aromatic heterocycles. The quantitative estimate of drug-likeness (QED) is 0.0952. The van der Waals surface area contributed by atoms with Gasteiger partial charge in [0.15, 0.2) is 0 Å². The molecule has 0 amide bonds. The van der Waals surface area contributed by atoms with Gasteiger partial charge in [-0.1, -0.05) is 84.1 Å². The first-order valence-electron chi connectivity index (χ1n) is 17.2. The van der Waals surface area contributed by atoms with Crippen molar-refractivity contribution in [2.45, 2.75) is 104 Å². The van der Waals surface area contributed by atoms with Crippen LogP contribution < -0.4 is 9.47 Å². The van der Waals surface area contributed by atoms with E-state index >= 15 is 0 Å². The zero-order valence-electron chi connectivity index (χ0n) is 27.0. The SMILES string of the molecule is CCCCCCCCCCOc1cc2c(cc1-c1ccncc1)Cc1c(ccc(OCCCCCC)c1-c1ccncc1)C2. The van der Waals surface area contributed by atoms with Crippen molar-refractivity contribution in [1.29, 1.82) is 0 Å². The molecule has 4 heteroatoms. The van der Waals surface area contributed by atoms with E-state index in [1.54, 1.807) is 0 Å². The Morgan fingerprint density at radius 1 is 0.523 bits per heavy atom. The molecule has 0 fully saturated rings. The fourth-order valence-electron chi connectivity index (χ4n) is 6.39. The van der Waals surface area contributed by atoms with E-state index in [1.165, 1.54) is 97.6 Å². The smallest absolute Gasteiger partial charge is 0.127 e. The van der Waals surface area contributed by atoms with Crippen LogP contribution in [0, 0.1) is 0 Å². The van der Waals surface area contributed by atoms with Gasteiger partial charge in [0.2, 0.25) is 0 Å². The number of aromatic nitrogens is 2. The zero-order valence-corrected chi connectivity index (χ0v) is 27.0. The number of hydrogen-bond acceptors (Lipinski definition) is 4. The van der Waals surface area contributed by atoms with E-state index in [-0.39, 0.29) is 0 Å². The minimum absolute atomic E-state index is 0.749. The fourth-order valence-corrected chi connectivity index (χ4v) is 6.39. The van der Waals surface area contributed by atoms with Crippen molar-refractivity contribution < 1.29 is 9.47 Å². The molecule has 0 N–H and O–H groups in total. The minimum Gasteiger partial charge on any atom is -0.493 e. The van der Waals surface area contributed by atoms with Gasteiger partial charge in [-0.3, -0.25) is 9.97 Å². The molecular weight excluding hydrogens is 540 g/mol. The number of fused-ring (bicyclic) bond motifs is 2. The van der Waals surface area contributed by atoms with E-state index in [4.69, 9.17) is 9.47 Å². The molecule has 232 valence electrons. The molecule has 0 unspecified atom stereocenters. The highest BCUT2D eigenvalue weighted by molar-refractivity contribution is 5.78. The fraction of sp³-hybridized carbons (Fsp3) is 0.450. The van der Waals surface area contributed by atoms with E-state index in [0.717, 1.165) is 61.5 Å². The van der Waals surface area contributed by atoms with Gasteiger partial charge in [0.25, 0.3) is 0 Å². The van der Waals surface area contributed by atoms with Gasteiger partial charge in [0, 0.05) is 35.9 Å². The van der Waals surface area contributed by atoms with Crippen molar-refractivity contribution in [1.82, 2.24) is 9.97 Å². The summed E-state index contributed by atoms with van der Waals surface area (Å²) < 4.78 is 13.0. The van der Waals surface area contributed by atoms with Crippen LogP contribution in [0.2, 0.25) is 0 Å². The summed E-state index contributed by atoms with van der Waals surface area (Å²) in [6, 6.07) is 17.5. The topological polar surface area (TPSA) is 44.2 Å². The number of unbranched alkanes of at least 4 members (excludes halogenated alkanes) is 10. The van der Waals surface area contributed by atoms with E-state index in [0.29, 0.717) is 0 Å². The van der Waals surface area contributed by atoms with Crippen molar-refractivity contribution in [2.75, 3.05) is 13.2 Å². The third-order valence-corrected chi connectivity index (χ3v) is 8.89. The normalized spacial score (nSPS) is 12.0. The molecule has 0 bridgehead atoms. The Hall–Kier alpha value is -3.66. The number of benzene rings is 2. The highest BCUT2D eigenvalue weighted by Gasteiger charge is 2.24. The molecule has 44 heavy (non-hydrogen) atoms. The molecule has 0 saturated carbocycles. The first-order chi connectivity index (χ1) is 21.8. The van der Waals surface area contributed by atoms with Gasteiger partial charge < -0.3 is 9.47 Å². The van der Waals surface area contributed by atoms with Gasteiger partial charge in [-0.2, -0.15) is 0 Å². The van der Waals surface area contributed by atoms with Crippen LogP contribution in [-0.4, -0.2) is 23.2 Å². The van der Waals surface area contributed by atoms with Crippen molar-refractivity contribution in [3.05, 3.63) is 95.6 Å². The number of ether oxygens (including phenoxy) is 2. The molecule has 4 aromatic rings. The maximum atomic E-state index is 6.53. The highest BCUT2D eigenvalue weighted by atomic mass is 16.5. The maximum absolute atomic E-state index is 6.53. The van der Waals surface area contributed by atoms with Crippen LogP contribution in [0.5, 0.6) is 11.5 Å². The molecule has 1 aliphatic carbocycles. The van der Waals surface area contributed by atoms with Crippen LogP contribution in [-0.2, 0) is 12.8 Å².